The summed E-state index contributed by atoms with van der Waals surface area (Å²) in [5.74, 6) is 0. The first-order valence-electron chi connectivity index (χ1n) is 7.56. The zero-order valence-electron chi connectivity index (χ0n) is 12.1. The van der Waals surface area contributed by atoms with Crippen molar-refractivity contribution < 1.29 is 9.66 Å². The molecule has 0 radical (unpaired) electrons. The number of anilines is 1. The lowest BCUT2D eigenvalue weighted by atomic mass is 10.2. The van der Waals surface area contributed by atoms with E-state index < -0.39 is 0 Å². The fourth-order valence-corrected chi connectivity index (χ4v) is 3.13. The number of rotatable bonds is 4. The molecule has 2 heterocycles. The van der Waals surface area contributed by atoms with E-state index in [1.807, 2.05) is 12.1 Å². The van der Waals surface area contributed by atoms with Gasteiger partial charge in [-0.25, -0.2) is 0 Å². The average Bonchev–Trinajstić information content (AvgIpc) is 3.01. The molecule has 0 spiro atoms. The van der Waals surface area contributed by atoms with Crippen LogP contribution in [0.2, 0.25) is 0 Å². The van der Waals surface area contributed by atoms with Gasteiger partial charge in [0.25, 0.3) is 5.69 Å². The summed E-state index contributed by atoms with van der Waals surface area (Å²) in [6, 6.07) is 7.00. The van der Waals surface area contributed by atoms with E-state index in [1.165, 1.54) is 6.42 Å². The van der Waals surface area contributed by atoms with E-state index in [4.69, 9.17) is 4.74 Å². The second kappa shape index (κ2) is 6.41. The van der Waals surface area contributed by atoms with Crippen LogP contribution in [0.3, 0.4) is 0 Å². The molecule has 0 aliphatic carbocycles. The molecule has 1 aromatic carbocycles. The minimum atomic E-state index is -0.298. The number of piperazine rings is 1. The van der Waals surface area contributed by atoms with Crippen LogP contribution in [0, 0.1) is 10.1 Å². The zero-order chi connectivity index (χ0) is 14.7. The van der Waals surface area contributed by atoms with Crippen molar-refractivity contribution in [2.24, 2.45) is 0 Å². The minimum absolute atomic E-state index is 0.199. The first-order chi connectivity index (χ1) is 10.2. The van der Waals surface area contributed by atoms with Gasteiger partial charge in [0.1, 0.15) is 5.69 Å². The fourth-order valence-electron chi connectivity index (χ4n) is 3.13. The van der Waals surface area contributed by atoms with E-state index in [2.05, 4.69) is 9.80 Å². The summed E-state index contributed by atoms with van der Waals surface area (Å²) >= 11 is 0. The Bertz CT molecular complexity index is 495. The number of ether oxygens (including phenoxy) is 1. The number of nitro benzene ring substituents is 1. The summed E-state index contributed by atoms with van der Waals surface area (Å²) in [4.78, 5) is 15.3. The molecule has 0 saturated carbocycles. The lowest BCUT2D eigenvalue weighted by Crippen LogP contribution is -2.48. The van der Waals surface area contributed by atoms with Gasteiger partial charge in [-0.1, -0.05) is 12.1 Å². The third-order valence-electron chi connectivity index (χ3n) is 4.28. The van der Waals surface area contributed by atoms with Crippen molar-refractivity contribution in [3.63, 3.8) is 0 Å². The summed E-state index contributed by atoms with van der Waals surface area (Å²) in [7, 11) is 0. The van der Waals surface area contributed by atoms with Crippen LogP contribution < -0.4 is 4.90 Å². The molecule has 21 heavy (non-hydrogen) atoms. The molecule has 6 heteroatoms. The van der Waals surface area contributed by atoms with E-state index >= 15 is 0 Å². The Morgan fingerprint density at radius 2 is 2.00 bits per heavy atom. The fraction of sp³-hybridized carbons (Fsp3) is 0.600. The lowest BCUT2D eigenvalue weighted by molar-refractivity contribution is -0.384. The number of para-hydroxylation sites is 2. The number of hydrogen-bond donors (Lipinski definition) is 0. The molecule has 0 aromatic heterocycles. The summed E-state index contributed by atoms with van der Waals surface area (Å²) in [5.41, 5.74) is 0.935. The topological polar surface area (TPSA) is 58.9 Å². The van der Waals surface area contributed by atoms with Crippen molar-refractivity contribution in [1.29, 1.82) is 0 Å². The maximum Gasteiger partial charge on any atom is 0.292 e. The summed E-state index contributed by atoms with van der Waals surface area (Å²) in [6.45, 7) is 5.42. The van der Waals surface area contributed by atoms with Crippen LogP contribution in [0.5, 0.6) is 0 Å². The molecule has 0 bridgehead atoms. The highest BCUT2D eigenvalue weighted by molar-refractivity contribution is 5.63. The largest absolute Gasteiger partial charge is 0.377 e. The normalized spacial score (nSPS) is 23.4. The smallest absolute Gasteiger partial charge is 0.292 e. The van der Waals surface area contributed by atoms with Gasteiger partial charge >= 0.3 is 0 Å². The number of nitrogens with zero attached hydrogens (tertiary/aromatic N) is 3. The highest BCUT2D eigenvalue weighted by Crippen LogP contribution is 2.28. The molecule has 2 aliphatic rings. The van der Waals surface area contributed by atoms with Crippen molar-refractivity contribution in [2.75, 3.05) is 44.2 Å². The van der Waals surface area contributed by atoms with Crippen LogP contribution in [-0.4, -0.2) is 55.3 Å². The Hall–Kier alpha value is -1.66. The molecule has 1 unspecified atom stereocenters. The quantitative estimate of drug-likeness (QED) is 0.626. The van der Waals surface area contributed by atoms with Crippen LogP contribution in [0.25, 0.3) is 0 Å². The molecule has 1 atom stereocenters. The third kappa shape index (κ3) is 3.33. The molecular formula is C15H21N3O3. The van der Waals surface area contributed by atoms with E-state index in [-0.39, 0.29) is 10.6 Å². The molecule has 0 amide bonds. The van der Waals surface area contributed by atoms with Gasteiger partial charge in [-0.15, -0.1) is 0 Å². The molecule has 1 aromatic rings. The minimum Gasteiger partial charge on any atom is -0.377 e. The Kier molecular flexibility index (Phi) is 4.36. The van der Waals surface area contributed by atoms with Crippen LogP contribution in [0.4, 0.5) is 11.4 Å². The molecule has 2 fully saturated rings. The lowest BCUT2D eigenvalue weighted by Gasteiger charge is -2.36. The van der Waals surface area contributed by atoms with Gasteiger partial charge in [0.05, 0.1) is 11.0 Å². The van der Waals surface area contributed by atoms with Gasteiger partial charge in [-0.2, -0.15) is 0 Å². The van der Waals surface area contributed by atoms with Crippen molar-refractivity contribution in [1.82, 2.24) is 4.90 Å². The SMILES string of the molecule is O=[N+]([O-])c1ccccc1N1CCN(CC2CCCO2)CC1. The van der Waals surface area contributed by atoms with E-state index in [9.17, 15) is 10.1 Å². The summed E-state index contributed by atoms with van der Waals surface area (Å²) < 4.78 is 5.67. The maximum atomic E-state index is 11.1. The predicted octanol–water partition coefficient (Wildman–Crippen LogP) is 1.90. The third-order valence-corrected chi connectivity index (χ3v) is 4.28. The first kappa shape index (κ1) is 14.3. The standard InChI is InChI=1S/C15H21N3O3/c19-18(20)15-6-2-1-5-14(15)17-9-7-16(8-10-17)12-13-4-3-11-21-13/h1-2,5-6,13H,3-4,7-12H2. The van der Waals surface area contributed by atoms with Gasteiger partial charge in [-0.05, 0) is 18.9 Å². The first-order valence-corrected chi connectivity index (χ1v) is 7.56. The molecule has 2 saturated heterocycles. The highest BCUT2D eigenvalue weighted by atomic mass is 16.6. The van der Waals surface area contributed by atoms with Gasteiger partial charge in [0, 0.05) is 45.4 Å². The highest BCUT2D eigenvalue weighted by Gasteiger charge is 2.25. The Morgan fingerprint density at radius 3 is 2.67 bits per heavy atom. The predicted molar refractivity (Wildman–Crippen MR) is 80.7 cm³/mol. The number of benzene rings is 1. The second-order valence-corrected chi connectivity index (χ2v) is 5.67. The van der Waals surface area contributed by atoms with Crippen LogP contribution >= 0.6 is 0 Å². The van der Waals surface area contributed by atoms with E-state index in [1.54, 1.807) is 12.1 Å². The van der Waals surface area contributed by atoms with Crippen molar-refractivity contribution in [2.45, 2.75) is 18.9 Å². The summed E-state index contributed by atoms with van der Waals surface area (Å²) in [5, 5.41) is 11.1. The Morgan fingerprint density at radius 1 is 1.24 bits per heavy atom. The van der Waals surface area contributed by atoms with Gasteiger partial charge in [-0.3, -0.25) is 15.0 Å². The number of hydrogen-bond acceptors (Lipinski definition) is 5. The second-order valence-electron chi connectivity index (χ2n) is 5.67. The van der Waals surface area contributed by atoms with Crippen molar-refractivity contribution in [3.05, 3.63) is 34.4 Å². The zero-order valence-corrected chi connectivity index (χ0v) is 12.1. The molecule has 6 nitrogen and oxygen atoms in total. The van der Waals surface area contributed by atoms with Gasteiger partial charge in [0.15, 0.2) is 0 Å². The monoisotopic (exact) mass is 291 g/mol. The van der Waals surface area contributed by atoms with Crippen molar-refractivity contribution in [3.8, 4) is 0 Å². The number of nitro groups is 1. The average molecular weight is 291 g/mol. The Balaban J connectivity index is 1.59. The van der Waals surface area contributed by atoms with Gasteiger partial charge < -0.3 is 9.64 Å². The van der Waals surface area contributed by atoms with Gasteiger partial charge in [0.2, 0.25) is 0 Å². The van der Waals surface area contributed by atoms with Crippen LogP contribution in [-0.2, 0) is 4.74 Å². The molecule has 0 N–H and O–H groups in total. The van der Waals surface area contributed by atoms with Crippen molar-refractivity contribution >= 4 is 11.4 Å². The molecular weight excluding hydrogens is 270 g/mol. The molecule has 114 valence electrons. The summed E-state index contributed by atoms with van der Waals surface area (Å²) in [6.07, 6.45) is 2.70. The Labute approximate surface area is 124 Å². The molecule has 3 rings (SSSR count). The van der Waals surface area contributed by atoms with Crippen LogP contribution in [0.1, 0.15) is 12.8 Å². The van der Waals surface area contributed by atoms with E-state index in [0.29, 0.717) is 6.10 Å². The van der Waals surface area contributed by atoms with Crippen LogP contribution in [0.15, 0.2) is 24.3 Å². The van der Waals surface area contributed by atoms with E-state index in [0.717, 1.165) is 51.4 Å². The maximum absolute atomic E-state index is 11.1. The molecule has 2 aliphatic heterocycles.